The first-order valence-corrected chi connectivity index (χ1v) is 7.81. The molecule has 1 N–H and O–H groups in total. The quantitative estimate of drug-likeness (QED) is 0.656. The molecular weight excluding hydrogens is 341 g/mol. The van der Waals surface area contributed by atoms with Crippen LogP contribution in [-0.4, -0.2) is 43.8 Å². The van der Waals surface area contributed by atoms with Gasteiger partial charge < -0.3 is 5.32 Å². The molecule has 1 saturated heterocycles. The highest BCUT2D eigenvalue weighted by Gasteiger charge is 2.31. The lowest BCUT2D eigenvalue weighted by atomic mass is 10.2. The first kappa shape index (κ1) is 18.1. The smallest absolute Gasteiger partial charge is 0.289 e. The zero-order valence-corrected chi connectivity index (χ0v) is 13.6. The van der Waals surface area contributed by atoms with Gasteiger partial charge in [-0.05, 0) is 18.6 Å². The van der Waals surface area contributed by atoms with Gasteiger partial charge in [0.1, 0.15) is 9.92 Å². The van der Waals surface area contributed by atoms with Gasteiger partial charge in [0.05, 0.1) is 4.92 Å². The number of sulfonamides is 1. The van der Waals surface area contributed by atoms with E-state index in [0.29, 0.717) is 31.7 Å². The summed E-state index contributed by atoms with van der Waals surface area (Å²) in [4.78, 5) is 10.1. The number of hydrogen-bond donors (Lipinski definition) is 1. The Morgan fingerprint density at radius 2 is 1.90 bits per heavy atom. The monoisotopic (exact) mass is 355 g/mol. The SMILES string of the molecule is Cc1cc([N+](=O)[O-])c(Cl)c(S(=O)(=O)N2CCNCC2)c1.Cl. The Kier molecular flexibility index (Phi) is 5.94. The van der Waals surface area contributed by atoms with E-state index in [-0.39, 0.29) is 28.0 Å². The van der Waals surface area contributed by atoms with Crippen molar-refractivity contribution >= 4 is 39.7 Å². The molecule has 0 spiro atoms. The molecule has 7 nitrogen and oxygen atoms in total. The highest BCUT2D eigenvalue weighted by atomic mass is 35.5. The van der Waals surface area contributed by atoms with Gasteiger partial charge in [0.15, 0.2) is 0 Å². The van der Waals surface area contributed by atoms with Gasteiger partial charge in [-0.15, -0.1) is 12.4 Å². The average Bonchev–Trinajstić information content (AvgIpc) is 2.41. The lowest BCUT2D eigenvalue weighted by molar-refractivity contribution is -0.385. The fraction of sp³-hybridized carbons (Fsp3) is 0.455. The summed E-state index contributed by atoms with van der Waals surface area (Å²) in [6, 6.07) is 2.63. The van der Waals surface area contributed by atoms with Crippen LogP contribution in [0.1, 0.15) is 5.56 Å². The number of nitro groups is 1. The molecule has 0 bridgehead atoms. The summed E-state index contributed by atoms with van der Waals surface area (Å²) in [7, 11) is -3.81. The molecule has 118 valence electrons. The predicted octanol–water partition coefficient (Wildman–Crippen LogP) is 1.57. The van der Waals surface area contributed by atoms with E-state index in [0.717, 1.165) is 0 Å². The van der Waals surface area contributed by atoms with Crippen LogP contribution >= 0.6 is 24.0 Å². The van der Waals surface area contributed by atoms with Crippen molar-refractivity contribution in [1.29, 1.82) is 0 Å². The Morgan fingerprint density at radius 1 is 1.33 bits per heavy atom. The largest absolute Gasteiger partial charge is 0.314 e. The Hall–Kier alpha value is -0.930. The summed E-state index contributed by atoms with van der Waals surface area (Å²) in [6.07, 6.45) is 0. The second-order valence-electron chi connectivity index (χ2n) is 4.51. The van der Waals surface area contributed by atoms with Crippen LogP contribution < -0.4 is 5.32 Å². The normalized spacial score (nSPS) is 16.3. The molecule has 1 heterocycles. The highest BCUT2D eigenvalue weighted by Crippen LogP contribution is 2.34. The van der Waals surface area contributed by atoms with Crippen molar-refractivity contribution in [2.45, 2.75) is 11.8 Å². The van der Waals surface area contributed by atoms with Gasteiger partial charge >= 0.3 is 0 Å². The third kappa shape index (κ3) is 3.64. The lowest BCUT2D eigenvalue weighted by Gasteiger charge is -2.27. The van der Waals surface area contributed by atoms with Crippen LogP contribution in [0.25, 0.3) is 0 Å². The van der Waals surface area contributed by atoms with Gasteiger partial charge in [-0.1, -0.05) is 11.6 Å². The fourth-order valence-corrected chi connectivity index (χ4v) is 4.14. The average molecular weight is 356 g/mol. The number of benzene rings is 1. The Morgan fingerprint density at radius 3 is 2.43 bits per heavy atom. The van der Waals surface area contributed by atoms with Crippen LogP contribution in [0.4, 0.5) is 5.69 Å². The number of halogens is 2. The van der Waals surface area contributed by atoms with Crippen molar-refractivity contribution in [2.24, 2.45) is 0 Å². The number of nitrogens with one attached hydrogen (secondary N) is 1. The molecule has 21 heavy (non-hydrogen) atoms. The van der Waals surface area contributed by atoms with Crippen LogP contribution in [0.3, 0.4) is 0 Å². The predicted molar refractivity (Wildman–Crippen MR) is 81.7 cm³/mol. The van der Waals surface area contributed by atoms with E-state index in [1.54, 1.807) is 6.92 Å². The number of aryl methyl sites for hydroxylation is 1. The van der Waals surface area contributed by atoms with Crippen LogP contribution in [0.15, 0.2) is 17.0 Å². The molecule has 0 aromatic heterocycles. The molecule has 2 rings (SSSR count). The molecule has 0 atom stereocenters. The van der Waals surface area contributed by atoms with Crippen LogP contribution in [0, 0.1) is 17.0 Å². The van der Waals surface area contributed by atoms with Gasteiger partial charge in [-0.3, -0.25) is 10.1 Å². The summed E-state index contributed by atoms with van der Waals surface area (Å²) >= 11 is 5.92. The number of hydrogen-bond acceptors (Lipinski definition) is 5. The minimum absolute atomic E-state index is 0. The van der Waals surface area contributed by atoms with Crippen molar-refractivity contribution in [3.8, 4) is 0 Å². The number of nitrogens with zero attached hydrogens (tertiary/aromatic N) is 2. The standard InChI is InChI=1S/C11H14ClN3O4S.ClH/c1-8-6-9(15(16)17)11(12)10(7-8)20(18,19)14-4-2-13-3-5-14;/h6-7,13H,2-5H2,1H3;1H. The van der Waals surface area contributed by atoms with Gasteiger partial charge in [-0.2, -0.15) is 4.31 Å². The molecule has 1 aliphatic heterocycles. The van der Waals surface area contributed by atoms with Gasteiger partial charge in [-0.25, -0.2) is 8.42 Å². The van der Waals surface area contributed by atoms with Crippen LogP contribution in [-0.2, 0) is 10.0 Å². The minimum atomic E-state index is -3.81. The minimum Gasteiger partial charge on any atom is -0.314 e. The van der Waals surface area contributed by atoms with E-state index in [2.05, 4.69) is 5.32 Å². The number of rotatable bonds is 3. The van der Waals surface area contributed by atoms with Crippen molar-refractivity contribution < 1.29 is 13.3 Å². The molecule has 0 radical (unpaired) electrons. The summed E-state index contributed by atoms with van der Waals surface area (Å²) in [5.74, 6) is 0. The van der Waals surface area contributed by atoms with Gasteiger partial charge in [0.2, 0.25) is 10.0 Å². The van der Waals surface area contributed by atoms with Crippen molar-refractivity contribution in [3.05, 3.63) is 32.8 Å². The van der Waals surface area contributed by atoms with Crippen molar-refractivity contribution in [2.75, 3.05) is 26.2 Å². The van der Waals surface area contributed by atoms with E-state index < -0.39 is 14.9 Å². The van der Waals surface area contributed by atoms with E-state index in [9.17, 15) is 18.5 Å². The lowest BCUT2D eigenvalue weighted by Crippen LogP contribution is -2.46. The molecule has 1 aromatic carbocycles. The van der Waals surface area contributed by atoms with Gasteiger partial charge in [0.25, 0.3) is 5.69 Å². The molecule has 0 amide bonds. The van der Waals surface area contributed by atoms with Crippen LogP contribution in [0.5, 0.6) is 0 Å². The molecule has 1 aliphatic rings. The molecule has 10 heteroatoms. The first-order valence-electron chi connectivity index (χ1n) is 5.99. The molecular formula is C11H15Cl2N3O4S. The number of piperazine rings is 1. The maximum atomic E-state index is 12.5. The van der Waals surface area contributed by atoms with E-state index in [1.165, 1.54) is 16.4 Å². The maximum absolute atomic E-state index is 12.5. The first-order chi connectivity index (χ1) is 9.34. The Bertz CT molecular complexity index is 645. The Labute approximate surface area is 133 Å². The Balaban J connectivity index is 0.00000220. The molecule has 0 saturated carbocycles. The van der Waals surface area contributed by atoms with Crippen molar-refractivity contribution in [1.82, 2.24) is 9.62 Å². The highest BCUT2D eigenvalue weighted by molar-refractivity contribution is 7.89. The number of nitro benzene ring substituents is 1. The van der Waals surface area contributed by atoms with E-state index in [1.807, 2.05) is 0 Å². The molecule has 0 aliphatic carbocycles. The zero-order chi connectivity index (χ0) is 14.9. The topological polar surface area (TPSA) is 92.5 Å². The molecule has 1 fully saturated rings. The zero-order valence-electron chi connectivity index (χ0n) is 11.2. The summed E-state index contributed by atoms with van der Waals surface area (Å²) < 4.78 is 26.3. The van der Waals surface area contributed by atoms with Crippen molar-refractivity contribution in [3.63, 3.8) is 0 Å². The van der Waals surface area contributed by atoms with Crippen LogP contribution in [0.2, 0.25) is 5.02 Å². The van der Waals surface area contributed by atoms with E-state index >= 15 is 0 Å². The van der Waals surface area contributed by atoms with E-state index in [4.69, 9.17) is 11.6 Å². The maximum Gasteiger partial charge on any atom is 0.289 e. The third-order valence-corrected chi connectivity index (χ3v) is 5.49. The summed E-state index contributed by atoms with van der Waals surface area (Å²) in [5.41, 5.74) is 0.0928. The second-order valence-corrected chi connectivity index (χ2v) is 6.79. The summed E-state index contributed by atoms with van der Waals surface area (Å²) in [6.45, 7) is 3.33. The molecule has 0 unspecified atom stereocenters. The fourth-order valence-electron chi connectivity index (χ4n) is 2.06. The van der Waals surface area contributed by atoms with Gasteiger partial charge in [0, 0.05) is 32.2 Å². The second kappa shape index (κ2) is 6.89. The summed E-state index contributed by atoms with van der Waals surface area (Å²) in [5, 5.41) is 13.6. The molecule has 1 aromatic rings. The third-order valence-electron chi connectivity index (χ3n) is 3.05.